The molecule has 4 saturated carbocycles. The van der Waals surface area contributed by atoms with Crippen LogP contribution in [-0.4, -0.2) is 51.3 Å². The van der Waals surface area contributed by atoms with Crippen LogP contribution in [0.4, 0.5) is 50.4 Å². The Morgan fingerprint density at radius 1 is 0.707 bits per heavy atom. The van der Waals surface area contributed by atoms with E-state index in [4.69, 9.17) is 19.2 Å². The molecular weight excluding hydrogens is 1060 g/mol. The molecule has 5 heterocycles. The summed E-state index contributed by atoms with van der Waals surface area (Å²) in [7, 11) is -19.8. The number of pyridine rings is 1. The van der Waals surface area contributed by atoms with Crippen LogP contribution >= 0.6 is 15.6 Å². The van der Waals surface area contributed by atoms with Crippen LogP contribution in [0.5, 0.6) is 0 Å². The molecule has 0 N–H and O–H groups in total. The van der Waals surface area contributed by atoms with E-state index in [0.717, 1.165) is 91.2 Å². The Kier molecular flexibility index (Phi) is 13.9. The minimum absolute atomic E-state index is 0.0639. The third-order valence-corrected chi connectivity index (χ3v) is 16.7. The van der Waals surface area contributed by atoms with E-state index in [2.05, 4.69) is 60.2 Å². The number of fused-ring (bicyclic) bond motifs is 9. The Balaban J connectivity index is 0.000000472. The SMILES string of the molecule is COC(=O)CC[C@@H](C)[C@H]1CC[C@H]2[C@@H]3CC[C@@H]4C[C@H]5CC[C@]4(C)[C@H]3C[C@H](OC(=O)Cn3c[n+](c4ccccc43)Cc3cccc(n3)C[n+]3cn(c4ccccc43)CC(=O)O5)[C@]12C.F[P-](F)(F)(F)(F)F.F[P-](F)(F)(F)(F)F. The standard InChI is InChI=1S/C50H61N5O6.2F6P/c1-32(16-21-46(56)59-4)38-19-20-39-37-18-17-33-24-36-22-23-49(33,2)40(37)25-45(50(38,39)3)61-48(58)29-55-31-53(42-13-6-8-15-44(42)55)27-35-11-9-10-34(51-35)26-52-30-54(28-47(57)60-36)43-14-7-5-12-41(43)52;2*1-7(2,3,4,5)6/h5-15,30-33,36-40,45H,16-29H2,1-4H3;;/q+2;2*-1/t32-,33-,36-,37+,38-,39+,40+,45+,49+,50-;;/m1../s1. The van der Waals surface area contributed by atoms with Gasteiger partial charge >= 0.3 is 83.9 Å². The number of aromatic nitrogens is 5. The number of benzene rings is 2. The van der Waals surface area contributed by atoms with E-state index >= 15 is 0 Å². The number of para-hydroxylation sites is 4. The Labute approximate surface area is 424 Å². The molecule has 2 aromatic carbocycles. The fourth-order valence-electron chi connectivity index (χ4n) is 13.8. The molecule has 4 aliphatic carbocycles. The number of methoxy groups -OCH3 is 1. The van der Waals surface area contributed by atoms with E-state index in [-0.39, 0.29) is 54.0 Å². The maximum absolute atomic E-state index is 14.5. The normalized spacial score (nSPS) is 30.3. The third kappa shape index (κ3) is 14.1. The Morgan fingerprint density at radius 3 is 1.76 bits per heavy atom. The Hall–Kier alpha value is -5.04. The number of hydrogen-bond donors (Lipinski definition) is 0. The molecule has 0 unspecified atom stereocenters. The van der Waals surface area contributed by atoms with Crippen LogP contribution in [-0.2, 0) is 54.8 Å². The quantitative estimate of drug-likeness (QED) is 0.0580. The first-order valence-electron chi connectivity index (χ1n) is 24.9. The van der Waals surface area contributed by atoms with Crippen LogP contribution < -0.4 is 9.13 Å². The van der Waals surface area contributed by atoms with Crippen molar-refractivity contribution in [2.24, 2.45) is 46.3 Å². The van der Waals surface area contributed by atoms with Gasteiger partial charge in [0.2, 0.25) is 12.7 Å². The van der Waals surface area contributed by atoms with Crippen molar-refractivity contribution in [2.75, 3.05) is 7.11 Å². The number of imidazole rings is 2. The molecule has 0 saturated heterocycles. The Bertz CT molecular complexity index is 2940. The zero-order valence-corrected chi connectivity index (χ0v) is 43.4. The van der Waals surface area contributed by atoms with E-state index in [9.17, 15) is 64.7 Å². The van der Waals surface area contributed by atoms with Crippen molar-refractivity contribution < 1.29 is 88.1 Å². The molecule has 75 heavy (non-hydrogen) atoms. The summed E-state index contributed by atoms with van der Waals surface area (Å²) in [6.07, 6.45) is 12.9. The van der Waals surface area contributed by atoms with Crippen LogP contribution in [0.2, 0.25) is 0 Å². The van der Waals surface area contributed by atoms with Gasteiger partial charge in [-0.05, 0) is 135 Å². The first-order chi connectivity index (χ1) is 34.4. The van der Waals surface area contributed by atoms with Gasteiger partial charge in [-0.2, -0.15) is 0 Å². The second-order valence-corrected chi connectivity index (χ2v) is 25.5. The molecule has 0 radical (unpaired) electrons. The van der Waals surface area contributed by atoms with Crippen molar-refractivity contribution >= 4 is 55.6 Å². The maximum atomic E-state index is 14.5. The van der Waals surface area contributed by atoms with E-state index < -0.39 is 15.6 Å². The third-order valence-electron chi connectivity index (χ3n) is 16.7. The van der Waals surface area contributed by atoms with E-state index in [1.807, 2.05) is 58.2 Å². The van der Waals surface area contributed by atoms with Gasteiger partial charge in [0.15, 0.2) is 35.2 Å². The monoisotopic (exact) mass is 1120 g/mol. The average Bonchev–Trinajstić information content (AvgIpc) is 3.94. The van der Waals surface area contributed by atoms with Crippen molar-refractivity contribution in [3.8, 4) is 0 Å². The molecule has 11 rings (SSSR count). The van der Waals surface area contributed by atoms with Crippen molar-refractivity contribution in [1.29, 1.82) is 0 Å². The molecule has 0 amide bonds. The number of nitrogens with zero attached hydrogens (tertiary/aromatic N) is 5. The van der Waals surface area contributed by atoms with Gasteiger partial charge in [-0.15, -0.1) is 0 Å². The van der Waals surface area contributed by atoms with Gasteiger partial charge in [0.05, 0.1) is 18.5 Å². The number of esters is 3. The summed E-state index contributed by atoms with van der Waals surface area (Å²) in [5.74, 6) is 1.87. The summed E-state index contributed by atoms with van der Waals surface area (Å²) >= 11 is 0. The molecule has 25 heteroatoms. The van der Waals surface area contributed by atoms with Gasteiger partial charge in [0, 0.05) is 11.8 Å². The topological polar surface area (TPSA) is 109 Å². The fraction of sp³-hybridized carbons (Fsp3) is 0.560. The predicted molar refractivity (Wildman–Crippen MR) is 255 cm³/mol. The van der Waals surface area contributed by atoms with Crippen molar-refractivity contribution in [2.45, 2.75) is 123 Å². The van der Waals surface area contributed by atoms with Crippen LogP contribution in [0.1, 0.15) is 96.4 Å². The number of hydrogen-bond acceptors (Lipinski definition) is 7. The van der Waals surface area contributed by atoms with Crippen molar-refractivity contribution in [1.82, 2.24) is 14.1 Å². The molecule has 3 aromatic heterocycles. The minimum atomic E-state index is -10.7. The predicted octanol–water partition coefficient (Wildman–Crippen LogP) is 14.1. The van der Waals surface area contributed by atoms with E-state index in [1.165, 1.54) is 7.11 Å². The Morgan fingerprint density at radius 2 is 1.23 bits per heavy atom. The number of carbonyl (C=O) groups excluding carboxylic acids is 3. The van der Waals surface area contributed by atoms with Crippen LogP contribution in [0.25, 0.3) is 22.1 Å². The molecule has 6 aliphatic rings. The molecule has 11 bridgehead atoms. The van der Waals surface area contributed by atoms with Crippen molar-refractivity contribution in [3.05, 3.63) is 90.8 Å². The summed E-state index contributed by atoms with van der Waals surface area (Å²) in [4.78, 5) is 45.8. The second-order valence-electron chi connectivity index (χ2n) is 21.7. The van der Waals surface area contributed by atoms with Gasteiger partial charge in [-0.25, -0.2) is 32.8 Å². The van der Waals surface area contributed by atoms with Crippen LogP contribution in [0, 0.1) is 46.3 Å². The van der Waals surface area contributed by atoms with Crippen molar-refractivity contribution in [3.63, 3.8) is 0 Å². The number of ether oxygens (including phenoxy) is 3. The molecule has 2 aliphatic heterocycles. The average molecular weight is 1120 g/mol. The van der Waals surface area contributed by atoms with E-state index in [0.29, 0.717) is 55.0 Å². The second kappa shape index (κ2) is 18.6. The summed E-state index contributed by atoms with van der Waals surface area (Å²) in [5.41, 5.74) is 5.71. The molecule has 10 atom stereocenters. The summed E-state index contributed by atoms with van der Waals surface area (Å²) in [6.45, 7) is 8.57. The number of carbonyl (C=O) groups is 3. The van der Waals surface area contributed by atoms with Gasteiger partial charge in [0.1, 0.15) is 25.3 Å². The summed E-state index contributed by atoms with van der Waals surface area (Å²) in [5, 5.41) is 0. The van der Waals surface area contributed by atoms with Crippen LogP contribution in [0.15, 0.2) is 79.4 Å². The molecule has 4 fully saturated rings. The van der Waals surface area contributed by atoms with E-state index in [1.54, 1.807) is 0 Å². The summed E-state index contributed by atoms with van der Waals surface area (Å²) in [6, 6.07) is 22.6. The van der Waals surface area contributed by atoms with Gasteiger partial charge in [-0.1, -0.05) is 51.1 Å². The van der Waals surface area contributed by atoms with Gasteiger partial charge < -0.3 is 14.2 Å². The zero-order valence-electron chi connectivity index (χ0n) is 41.6. The van der Waals surface area contributed by atoms with Gasteiger partial charge in [0.25, 0.3) is 0 Å². The summed E-state index contributed by atoms with van der Waals surface area (Å²) < 4.78 is 145. The molecule has 416 valence electrons. The fourth-order valence-corrected chi connectivity index (χ4v) is 13.8. The first-order valence-corrected chi connectivity index (χ1v) is 29.0. The number of halogens is 12. The zero-order chi connectivity index (χ0) is 54.9. The van der Waals surface area contributed by atoms with Gasteiger partial charge in [-0.3, -0.25) is 4.79 Å². The van der Waals surface area contributed by atoms with Crippen LogP contribution in [0.3, 0.4) is 0 Å². The molecule has 11 nitrogen and oxygen atoms in total. The number of rotatable bonds is 4. The first kappa shape index (κ1) is 56.2. The molecule has 5 aromatic rings. The molecule has 0 spiro atoms. The molecular formula is C50H61F12N5O6P2.